The molecule has 1 aliphatic rings. The Labute approximate surface area is 168 Å². The summed E-state index contributed by atoms with van der Waals surface area (Å²) in [5, 5.41) is 4.34. The fourth-order valence-corrected chi connectivity index (χ4v) is 4.55. The summed E-state index contributed by atoms with van der Waals surface area (Å²) in [5.74, 6) is 1.25. The van der Waals surface area contributed by atoms with Crippen LogP contribution in [0.1, 0.15) is 31.2 Å². The van der Waals surface area contributed by atoms with E-state index in [0.717, 1.165) is 39.2 Å². The first-order chi connectivity index (χ1) is 13.6. The van der Waals surface area contributed by atoms with Gasteiger partial charge in [-0.25, -0.2) is 9.97 Å². The number of nitrogen functional groups attached to an aromatic ring is 1. The first kappa shape index (κ1) is 17.3. The van der Waals surface area contributed by atoms with Crippen LogP contribution in [0, 0.1) is 6.92 Å². The van der Waals surface area contributed by atoms with E-state index in [1.54, 1.807) is 6.20 Å². The topological polar surface area (TPSA) is 68.2 Å². The zero-order valence-electron chi connectivity index (χ0n) is 15.7. The molecule has 0 radical (unpaired) electrons. The number of hydrogen-bond donors (Lipinski definition) is 2. The lowest BCUT2D eigenvalue weighted by Gasteiger charge is -2.15. The number of nitrogens with two attached hydrogens (primary N) is 1. The molecule has 0 amide bonds. The summed E-state index contributed by atoms with van der Waals surface area (Å²) in [4.78, 5) is 9.25. The molecule has 1 fully saturated rings. The number of aryl methyl sites for hydroxylation is 1. The Kier molecular flexibility index (Phi) is 4.13. The SMILES string of the molecule is Cc1cccc(Cl)c1-c1ncc2c(N)nc3ccc(NC4CCCC4)cc3n12. The zero-order chi connectivity index (χ0) is 19.3. The van der Waals surface area contributed by atoms with Gasteiger partial charge in [0.2, 0.25) is 0 Å². The Morgan fingerprint density at radius 3 is 2.75 bits per heavy atom. The Bertz CT molecular complexity index is 1170. The third-order valence-corrected chi connectivity index (χ3v) is 5.97. The molecule has 3 N–H and O–H groups in total. The molecule has 2 aromatic carbocycles. The fraction of sp³-hybridized carbons (Fsp3) is 0.273. The van der Waals surface area contributed by atoms with Crippen LogP contribution in [0.25, 0.3) is 27.9 Å². The van der Waals surface area contributed by atoms with Gasteiger partial charge in [-0.1, -0.05) is 36.6 Å². The van der Waals surface area contributed by atoms with E-state index >= 15 is 0 Å². The number of benzene rings is 2. The van der Waals surface area contributed by atoms with Crippen LogP contribution in [-0.2, 0) is 0 Å². The van der Waals surface area contributed by atoms with Gasteiger partial charge in [0.05, 0.1) is 22.3 Å². The highest BCUT2D eigenvalue weighted by Gasteiger charge is 2.18. The highest BCUT2D eigenvalue weighted by molar-refractivity contribution is 6.33. The molecule has 0 atom stereocenters. The van der Waals surface area contributed by atoms with Gasteiger partial charge in [-0.15, -0.1) is 0 Å². The van der Waals surface area contributed by atoms with Crippen molar-refractivity contribution in [1.82, 2.24) is 14.4 Å². The normalized spacial score (nSPS) is 14.9. The Hall–Kier alpha value is -2.79. The summed E-state index contributed by atoms with van der Waals surface area (Å²) in [7, 11) is 0. The summed E-state index contributed by atoms with van der Waals surface area (Å²) in [6, 6.07) is 12.7. The fourth-order valence-electron chi connectivity index (χ4n) is 4.25. The van der Waals surface area contributed by atoms with E-state index in [1.807, 2.05) is 31.2 Å². The third kappa shape index (κ3) is 2.78. The monoisotopic (exact) mass is 391 g/mol. The number of nitrogens with one attached hydrogen (secondary N) is 1. The van der Waals surface area contributed by atoms with Crippen molar-refractivity contribution >= 4 is 39.7 Å². The second-order valence-electron chi connectivity index (χ2n) is 7.56. The number of aromatic nitrogens is 3. The number of anilines is 2. The molecule has 0 spiro atoms. The predicted octanol–water partition coefficient (Wildman–Crippen LogP) is 5.45. The smallest absolute Gasteiger partial charge is 0.150 e. The van der Waals surface area contributed by atoms with Gasteiger partial charge in [0.15, 0.2) is 0 Å². The molecule has 28 heavy (non-hydrogen) atoms. The molecular formula is C22H22ClN5. The van der Waals surface area contributed by atoms with Crippen LogP contribution in [0.4, 0.5) is 11.5 Å². The standard InChI is InChI=1S/C22H22ClN5/c1-13-5-4-8-16(23)20(13)22-25-12-19-21(24)27-17-10-9-15(11-18(17)28(19)22)26-14-6-2-3-7-14/h4-5,8-12,14,26H,2-3,6-7H2,1H3,(H2,24,27). The molecule has 5 nitrogen and oxygen atoms in total. The summed E-state index contributed by atoms with van der Waals surface area (Å²) in [6.45, 7) is 2.04. The number of nitrogens with zero attached hydrogens (tertiary/aromatic N) is 3. The minimum absolute atomic E-state index is 0.465. The van der Waals surface area contributed by atoms with E-state index < -0.39 is 0 Å². The van der Waals surface area contributed by atoms with E-state index in [0.29, 0.717) is 16.9 Å². The minimum Gasteiger partial charge on any atom is -0.382 e. The molecular weight excluding hydrogens is 370 g/mol. The lowest BCUT2D eigenvalue weighted by atomic mass is 10.1. The predicted molar refractivity (Wildman–Crippen MR) is 116 cm³/mol. The van der Waals surface area contributed by atoms with Gasteiger partial charge in [0.25, 0.3) is 0 Å². The highest BCUT2D eigenvalue weighted by Crippen LogP contribution is 2.34. The average molecular weight is 392 g/mol. The third-order valence-electron chi connectivity index (χ3n) is 5.65. The Morgan fingerprint density at radius 2 is 1.96 bits per heavy atom. The first-order valence-electron chi connectivity index (χ1n) is 9.70. The van der Waals surface area contributed by atoms with Crippen molar-refractivity contribution < 1.29 is 0 Å². The molecule has 1 saturated carbocycles. The van der Waals surface area contributed by atoms with Crippen molar-refractivity contribution in [3.05, 3.63) is 53.2 Å². The average Bonchev–Trinajstić information content (AvgIpc) is 3.33. The van der Waals surface area contributed by atoms with Gasteiger partial charge >= 0.3 is 0 Å². The van der Waals surface area contributed by atoms with Crippen LogP contribution >= 0.6 is 11.6 Å². The second kappa shape index (κ2) is 6.67. The molecule has 0 unspecified atom stereocenters. The minimum atomic E-state index is 0.465. The van der Waals surface area contributed by atoms with Gasteiger partial charge in [0, 0.05) is 17.3 Å². The first-order valence-corrected chi connectivity index (χ1v) is 10.1. The highest BCUT2D eigenvalue weighted by atomic mass is 35.5. The summed E-state index contributed by atoms with van der Waals surface area (Å²) in [5.41, 5.74) is 11.9. The van der Waals surface area contributed by atoms with Crippen molar-refractivity contribution in [2.24, 2.45) is 0 Å². The lowest BCUT2D eigenvalue weighted by Crippen LogP contribution is -2.14. The maximum atomic E-state index is 6.54. The number of rotatable bonds is 3. The van der Waals surface area contributed by atoms with Crippen LogP contribution in [0.5, 0.6) is 0 Å². The summed E-state index contributed by atoms with van der Waals surface area (Å²) >= 11 is 6.54. The maximum Gasteiger partial charge on any atom is 0.150 e. The van der Waals surface area contributed by atoms with Crippen LogP contribution in [0.3, 0.4) is 0 Å². The van der Waals surface area contributed by atoms with E-state index in [2.05, 4.69) is 31.8 Å². The van der Waals surface area contributed by atoms with Gasteiger partial charge in [-0.2, -0.15) is 0 Å². The van der Waals surface area contributed by atoms with E-state index in [-0.39, 0.29) is 0 Å². The molecule has 2 aromatic heterocycles. The van der Waals surface area contributed by atoms with Gasteiger partial charge < -0.3 is 11.1 Å². The van der Waals surface area contributed by atoms with Crippen LogP contribution in [-0.4, -0.2) is 20.4 Å². The number of fused-ring (bicyclic) bond motifs is 3. The Morgan fingerprint density at radius 1 is 1.14 bits per heavy atom. The molecule has 4 aromatic rings. The molecule has 0 aliphatic heterocycles. The second-order valence-corrected chi connectivity index (χ2v) is 7.97. The maximum absolute atomic E-state index is 6.54. The number of imidazole rings is 1. The number of hydrogen-bond acceptors (Lipinski definition) is 4. The summed E-state index contributed by atoms with van der Waals surface area (Å²) < 4.78 is 2.08. The van der Waals surface area contributed by atoms with Gasteiger partial charge in [0.1, 0.15) is 17.2 Å². The van der Waals surface area contributed by atoms with E-state index in [4.69, 9.17) is 17.3 Å². The molecule has 0 bridgehead atoms. The van der Waals surface area contributed by atoms with Crippen molar-refractivity contribution in [3.8, 4) is 11.4 Å². The molecule has 1 aliphatic carbocycles. The molecule has 5 rings (SSSR count). The largest absolute Gasteiger partial charge is 0.382 e. The molecule has 2 heterocycles. The molecule has 142 valence electrons. The Balaban J connectivity index is 1.75. The zero-order valence-corrected chi connectivity index (χ0v) is 16.5. The molecule has 6 heteroatoms. The lowest BCUT2D eigenvalue weighted by molar-refractivity contribution is 0.756. The van der Waals surface area contributed by atoms with Crippen LogP contribution < -0.4 is 11.1 Å². The summed E-state index contributed by atoms with van der Waals surface area (Å²) in [6.07, 6.45) is 6.82. The van der Waals surface area contributed by atoms with Crippen molar-refractivity contribution in [3.63, 3.8) is 0 Å². The van der Waals surface area contributed by atoms with Crippen molar-refractivity contribution in [2.45, 2.75) is 38.6 Å². The van der Waals surface area contributed by atoms with E-state index in [9.17, 15) is 0 Å². The van der Waals surface area contributed by atoms with Gasteiger partial charge in [-0.05, 0) is 49.6 Å². The van der Waals surface area contributed by atoms with Crippen LogP contribution in [0.15, 0.2) is 42.6 Å². The number of halogens is 1. The van der Waals surface area contributed by atoms with Crippen molar-refractivity contribution in [1.29, 1.82) is 0 Å². The van der Waals surface area contributed by atoms with Crippen LogP contribution in [0.2, 0.25) is 5.02 Å². The van der Waals surface area contributed by atoms with E-state index in [1.165, 1.54) is 25.7 Å². The van der Waals surface area contributed by atoms with Crippen molar-refractivity contribution in [2.75, 3.05) is 11.1 Å². The van der Waals surface area contributed by atoms with Gasteiger partial charge in [-0.3, -0.25) is 4.40 Å². The molecule has 0 saturated heterocycles. The quantitative estimate of drug-likeness (QED) is 0.487.